The average Bonchev–Trinajstić information content (AvgIpc) is 3.64. The van der Waals surface area contributed by atoms with Crippen molar-refractivity contribution in [2.45, 2.75) is 0 Å². The van der Waals surface area contributed by atoms with E-state index in [1.165, 1.54) is 96.9 Å². The van der Waals surface area contributed by atoms with Crippen LogP contribution in [0.15, 0.2) is 200 Å². The van der Waals surface area contributed by atoms with Crippen LogP contribution >= 0.6 is 11.3 Å². The minimum Gasteiger partial charge on any atom is -0.308 e. The quantitative estimate of drug-likeness (QED) is 0.161. The Bertz CT molecular complexity index is 3200. The molecule has 1 aromatic heterocycles. The van der Waals surface area contributed by atoms with Gasteiger partial charge in [0, 0.05) is 26.5 Å². The molecule has 0 amide bonds. The van der Waals surface area contributed by atoms with Gasteiger partial charge in [0.15, 0.2) is 0 Å². The highest BCUT2D eigenvalue weighted by atomic mass is 32.1. The van der Waals surface area contributed by atoms with Crippen molar-refractivity contribution in [1.29, 1.82) is 0 Å². The highest BCUT2D eigenvalue weighted by Gasteiger charge is 2.21. The minimum atomic E-state index is 1.13. The van der Waals surface area contributed by atoms with Crippen molar-refractivity contribution in [2.24, 2.45) is 0 Å². The van der Waals surface area contributed by atoms with E-state index in [0.29, 0.717) is 0 Å². The molecule has 11 aromatic rings. The van der Waals surface area contributed by atoms with Crippen LogP contribution in [-0.4, -0.2) is 0 Å². The normalized spacial score (nSPS) is 11.7. The summed E-state index contributed by atoms with van der Waals surface area (Å²) < 4.78 is 2.62. The molecule has 0 aliphatic carbocycles. The van der Waals surface area contributed by atoms with Gasteiger partial charge in [-0.15, -0.1) is 11.3 Å². The van der Waals surface area contributed by atoms with Gasteiger partial charge in [-0.1, -0.05) is 176 Å². The minimum absolute atomic E-state index is 1.13. The van der Waals surface area contributed by atoms with Crippen LogP contribution in [0.4, 0.5) is 17.1 Å². The summed E-state index contributed by atoms with van der Waals surface area (Å²) >= 11 is 1.90. The number of rotatable bonds is 5. The lowest BCUT2D eigenvalue weighted by Gasteiger charge is -2.28. The Hall–Kier alpha value is -6.74. The molecule has 0 spiro atoms. The highest BCUT2D eigenvalue weighted by Crippen LogP contribution is 2.48. The van der Waals surface area contributed by atoms with E-state index < -0.39 is 0 Å². The first-order valence-corrected chi connectivity index (χ1v) is 19.3. The number of thiophene rings is 1. The van der Waals surface area contributed by atoms with Crippen LogP contribution in [-0.2, 0) is 0 Å². The predicted octanol–water partition coefficient (Wildman–Crippen LogP) is 15.5. The van der Waals surface area contributed by atoms with Crippen molar-refractivity contribution in [3.8, 4) is 22.3 Å². The first-order chi connectivity index (χ1) is 26.8. The molecule has 0 unspecified atom stereocenters. The highest BCUT2D eigenvalue weighted by molar-refractivity contribution is 7.27. The maximum absolute atomic E-state index is 2.49. The van der Waals surface area contributed by atoms with Crippen LogP contribution < -0.4 is 4.90 Å². The zero-order chi connectivity index (χ0) is 35.6. The molecule has 0 atom stereocenters. The van der Waals surface area contributed by atoms with E-state index in [1.54, 1.807) is 0 Å². The van der Waals surface area contributed by atoms with E-state index >= 15 is 0 Å². The van der Waals surface area contributed by atoms with Crippen molar-refractivity contribution in [2.75, 3.05) is 4.90 Å². The van der Waals surface area contributed by atoms with Gasteiger partial charge < -0.3 is 4.90 Å². The van der Waals surface area contributed by atoms with Crippen LogP contribution in [0, 0.1) is 0 Å². The Labute approximate surface area is 317 Å². The molecule has 11 rings (SSSR count). The Kier molecular flexibility index (Phi) is 7.11. The van der Waals surface area contributed by atoms with Gasteiger partial charge in [0.2, 0.25) is 0 Å². The van der Waals surface area contributed by atoms with Gasteiger partial charge in [-0.05, 0) is 84.2 Å². The molecule has 1 nitrogen and oxygen atoms in total. The summed E-state index contributed by atoms with van der Waals surface area (Å²) in [7, 11) is 0. The van der Waals surface area contributed by atoms with Gasteiger partial charge in [0.05, 0.1) is 16.1 Å². The maximum atomic E-state index is 2.49. The lowest BCUT2D eigenvalue weighted by Crippen LogP contribution is -2.10. The van der Waals surface area contributed by atoms with Crippen LogP contribution in [0.2, 0.25) is 0 Å². The molecular formula is C52H33NS. The van der Waals surface area contributed by atoms with Crippen LogP contribution in [0.5, 0.6) is 0 Å². The largest absolute Gasteiger partial charge is 0.308 e. The first-order valence-electron chi connectivity index (χ1n) is 18.5. The third kappa shape index (κ3) is 4.92. The lowest BCUT2D eigenvalue weighted by atomic mass is 9.96. The number of hydrogen-bond acceptors (Lipinski definition) is 2. The summed E-state index contributed by atoms with van der Waals surface area (Å²) in [6, 6.07) is 73.4. The molecule has 10 aromatic carbocycles. The number of fused-ring (bicyclic) bond motifs is 9. The molecular weight excluding hydrogens is 671 g/mol. The van der Waals surface area contributed by atoms with Gasteiger partial charge in [0.25, 0.3) is 0 Å². The van der Waals surface area contributed by atoms with Gasteiger partial charge in [0.1, 0.15) is 0 Å². The Morgan fingerprint density at radius 1 is 0.296 bits per heavy atom. The zero-order valence-electron chi connectivity index (χ0n) is 29.4. The van der Waals surface area contributed by atoms with Gasteiger partial charge in [-0.2, -0.15) is 0 Å². The second kappa shape index (κ2) is 12.4. The second-order valence-electron chi connectivity index (χ2n) is 14.1. The molecule has 2 heteroatoms. The molecule has 0 saturated carbocycles. The van der Waals surface area contributed by atoms with Crippen LogP contribution in [0.25, 0.3) is 85.5 Å². The standard InChI is InChI=1S/C52H33NS/c1-4-15-41-36(11-1)14-9-20-42(41)38-25-23-34(24-26-38)35-27-30-40(31-28-35)53(50-33-39-13-3-5-16-43(39)45-18-7-8-19-46(45)50)49-22-10-21-47-48-32-29-37-12-2-6-17-44(37)51(48)54-52(47)49/h1-33H. The Balaban J connectivity index is 1.09. The predicted molar refractivity (Wildman–Crippen MR) is 235 cm³/mol. The Morgan fingerprint density at radius 2 is 0.833 bits per heavy atom. The SMILES string of the molecule is c1ccc2c(-c3ccc(-c4ccc(N(c5cc6ccccc6c6ccccc56)c5cccc6c5sc5c7ccccc7ccc65)cc4)cc3)cccc2c1. The van der Waals surface area contributed by atoms with Gasteiger partial charge in [-0.3, -0.25) is 0 Å². The van der Waals surface area contributed by atoms with E-state index in [2.05, 4.69) is 205 Å². The smallest absolute Gasteiger partial charge is 0.0640 e. The van der Waals surface area contributed by atoms with Crippen molar-refractivity contribution in [3.05, 3.63) is 200 Å². The number of benzene rings is 10. The van der Waals surface area contributed by atoms with Gasteiger partial charge in [-0.25, -0.2) is 0 Å². The number of anilines is 3. The molecule has 54 heavy (non-hydrogen) atoms. The maximum Gasteiger partial charge on any atom is 0.0640 e. The fourth-order valence-electron chi connectivity index (χ4n) is 8.44. The number of hydrogen-bond donors (Lipinski definition) is 0. The third-order valence-electron chi connectivity index (χ3n) is 11.0. The molecule has 0 radical (unpaired) electrons. The third-order valence-corrected chi connectivity index (χ3v) is 12.3. The monoisotopic (exact) mass is 703 g/mol. The fourth-order valence-corrected chi connectivity index (χ4v) is 9.78. The Morgan fingerprint density at radius 3 is 1.61 bits per heavy atom. The summed E-state index contributed by atoms with van der Waals surface area (Å²) in [6.07, 6.45) is 0. The first kappa shape index (κ1) is 30.8. The molecule has 0 bridgehead atoms. The summed E-state index contributed by atoms with van der Waals surface area (Å²) in [5.74, 6) is 0. The van der Waals surface area contributed by atoms with E-state index in [-0.39, 0.29) is 0 Å². The molecule has 0 fully saturated rings. The topological polar surface area (TPSA) is 3.24 Å². The zero-order valence-corrected chi connectivity index (χ0v) is 30.2. The van der Waals surface area contributed by atoms with Crippen LogP contribution in [0.1, 0.15) is 0 Å². The summed E-state index contributed by atoms with van der Waals surface area (Å²) in [5, 5.41) is 12.7. The van der Waals surface area contributed by atoms with E-state index in [4.69, 9.17) is 0 Å². The summed E-state index contributed by atoms with van der Waals surface area (Å²) in [4.78, 5) is 2.49. The van der Waals surface area contributed by atoms with Crippen molar-refractivity contribution in [3.63, 3.8) is 0 Å². The molecule has 0 N–H and O–H groups in total. The molecule has 0 saturated heterocycles. The lowest BCUT2D eigenvalue weighted by molar-refractivity contribution is 1.32. The van der Waals surface area contributed by atoms with Crippen molar-refractivity contribution < 1.29 is 0 Å². The van der Waals surface area contributed by atoms with Crippen molar-refractivity contribution in [1.82, 2.24) is 0 Å². The number of nitrogens with zero attached hydrogens (tertiary/aromatic N) is 1. The molecule has 0 aliphatic heterocycles. The second-order valence-corrected chi connectivity index (χ2v) is 15.1. The summed E-state index contributed by atoms with van der Waals surface area (Å²) in [6.45, 7) is 0. The van der Waals surface area contributed by atoms with Gasteiger partial charge >= 0.3 is 0 Å². The van der Waals surface area contributed by atoms with Crippen LogP contribution in [0.3, 0.4) is 0 Å². The summed E-state index contributed by atoms with van der Waals surface area (Å²) in [5.41, 5.74) is 8.37. The van der Waals surface area contributed by atoms with E-state index in [9.17, 15) is 0 Å². The molecule has 252 valence electrons. The molecule has 0 aliphatic rings. The average molecular weight is 704 g/mol. The van der Waals surface area contributed by atoms with Crippen molar-refractivity contribution >= 4 is 91.7 Å². The van der Waals surface area contributed by atoms with E-state index in [1.807, 2.05) is 11.3 Å². The van der Waals surface area contributed by atoms with E-state index in [0.717, 1.165) is 5.69 Å². The fraction of sp³-hybridized carbons (Fsp3) is 0. The molecule has 1 heterocycles.